The Morgan fingerprint density at radius 1 is 1.44 bits per heavy atom. The lowest BCUT2D eigenvalue weighted by atomic mass is 9.98. The number of rotatable bonds is 5. The maximum atomic E-state index is 13.2. The van der Waals surface area contributed by atoms with Gasteiger partial charge < -0.3 is 10.1 Å². The van der Waals surface area contributed by atoms with Crippen LogP contribution in [0.4, 0.5) is 10.3 Å². The van der Waals surface area contributed by atoms with E-state index in [0.717, 1.165) is 31.8 Å². The molecule has 0 spiro atoms. The lowest BCUT2D eigenvalue weighted by Gasteiger charge is -2.19. The predicted molar refractivity (Wildman–Crippen MR) is 91.0 cm³/mol. The zero-order valence-corrected chi connectivity index (χ0v) is 14.3. The van der Waals surface area contributed by atoms with Crippen molar-refractivity contribution in [2.24, 2.45) is 7.05 Å². The summed E-state index contributed by atoms with van der Waals surface area (Å²) in [6, 6.07) is 5.69. The number of ether oxygens (including phenoxy) is 1. The van der Waals surface area contributed by atoms with Crippen LogP contribution in [0.1, 0.15) is 31.5 Å². The summed E-state index contributed by atoms with van der Waals surface area (Å²) in [6.07, 6.45) is 1.17. The van der Waals surface area contributed by atoms with E-state index in [4.69, 9.17) is 4.74 Å². The van der Waals surface area contributed by atoms with Gasteiger partial charge in [-0.3, -0.25) is 10.1 Å². The Balaban J connectivity index is 1.63. The Bertz CT molecular complexity index is 742. The summed E-state index contributed by atoms with van der Waals surface area (Å²) in [4.78, 5) is 16.8. The van der Waals surface area contributed by atoms with Crippen molar-refractivity contribution < 1.29 is 13.9 Å². The average molecular weight is 347 g/mol. The smallest absolute Gasteiger partial charge is 0.267 e. The molecule has 2 N–H and O–H groups in total. The summed E-state index contributed by atoms with van der Waals surface area (Å²) in [7, 11) is 1.74. The third-order valence-corrected chi connectivity index (χ3v) is 4.20. The highest BCUT2D eigenvalue weighted by Crippen LogP contribution is 2.23. The van der Waals surface area contributed by atoms with E-state index < -0.39 is 11.9 Å². The number of piperidine rings is 1. The number of anilines is 1. The normalized spacial score (nSPS) is 16.4. The molecule has 1 aromatic carbocycles. The van der Waals surface area contributed by atoms with Crippen LogP contribution in [0.15, 0.2) is 24.3 Å². The van der Waals surface area contributed by atoms with E-state index in [-0.39, 0.29) is 5.91 Å². The zero-order valence-electron chi connectivity index (χ0n) is 14.3. The van der Waals surface area contributed by atoms with E-state index in [1.165, 1.54) is 18.2 Å². The monoisotopic (exact) mass is 347 g/mol. The van der Waals surface area contributed by atoms with Crippen LogP contribution in [0.2, 0.25) is 0 Å². The lowest BCUT2D eigenvalue weighted by Crippen LogP contribution is -2.31. The van der Waals surface area contributed by atoms with Crippen molar-refractivity contribution in [3.63, 3.8) is 0 Å². The van der Waals surface area contributed by atoms with Crippen LogP contribution in [-0.4, -0.2) is 39.9 Å². The third-order valence-electron chi connectivity index (χ3n) is 4.20. The average Bonchev–Trinajstić information content (AvgIpc) is 2.96. The van der Waals surface area contributed by atoms with Crippen molar-refractivity contribution >= 4 is 11.9 Å². The molecule has 2 heterocycles. The van der Waals surface area contributed by atoms with Gasteiger partial charge in [-0.2, -0.15) is 10.1 Å². The van der Waals surface area contributed by atoms with E-state index in [9.17, 15) is 9.18 Å². The van der Waals surface area contributed by atoms with Crippen LogP contribution in [0, 0.1) is 5.82 Å². The Labute approximate surface area is 145 Å². The first kappa shape index (κ1) is 17.3. The van der Waals surface area contributed by atoms with Crippen LogP contribution >= 0.6 is 0 Å². The standard InChI is InChI=1S/C17H22FN5O2/c1-11(25-14-5-3-4-13(18)10-14)16(24)21-17-20-15(22-23(17)2)12-6-8-19-9-7-12/h3-5,10-12,19H,6-9H2,1-2H3,(H,20,21,22,24). The topological polar surface area (TPSA) is 81.1 Å². The van der Waals surface area contributed by atoms with Crippen molar-refractivity contribution in [1.82, 2.24) is 20.1 Å². The molecule has 1 amide bonds. The number of aromatic nitrogens is 3. The lowest BCUT2D eigenvalue weighted by molar-refractivity contribution is -0.122. The Hall–Kier alpha value is -2.48. The van der Waals surface area contributed by atoms with Gasteiger partial charge in [0.05, 0.1) is 0 Å². The number of nitrogens with one attached hydrogen (secondary N) is 2. The number of benzene rings is 1. The van der Waals surface area contributed by atoms with Gasteiger partial charge in [0.15, 0.2) is 11.9 Å². The number of hydrogen-bond donors (Lipinski definition) is 2. The molecular formula is C17H22FN5O2. The van der Waals surface area contributed by atoms with E-state index in [1.807, 2.05) is 0 Å². The summed E-state index contributed by atoms with van der Waals surface area (Å²) in [5.41, 5.74) is 0. The largest absolute Gasteiger partial charge is 0.481 e. The highest BCUT2D eigenvalue weighted by atomic mass is 19.1. The van der Waals surface area contributed by atoms with Gasteiger partial charge in [-0.05, 0) is 45.0 Å². The fraction of sp³-hybridized carbons (Fsp3) is 0.471. The van der Waals surface area contributed by atoms with Gasteiger partial charge in [0.1, 0.15) is 11.6 Å². The van der Waals surface area contributed by atoms with Gasteiger partial charge in [0.2, 0.25) is 5.95 Å². The molecule has 0 radical (unpaired) electrons. The van der Waals surface area contributed by atoms with Crippen LogP contribution in [-0.2, 0) is 11.8 Å². The number of carbonyl (C=O) groups is 1. The molecule has 3 rings (SSSR count). The van der Waals surface area contributed by atoms with E-state index >= 15 is 0 Å². The summed E-state index contributed by atoms with van der Waals surface area (Å²) in [5, 5.41) is 10.4. The van der Waals surface area contributed by atoms with Crippen molar-refractivity contribution in [3.05, 3.63) is 35.9 Å². The fourth-order valence-electron chi connectivity index (χ4n) is 2.78. The summed E-state index contributed by atoms with van der Waals surface area (Å²) in [5.74, 6) is 0.961. The second kappa shape index (κ2) is 7.60. The molecule has 1 aliphatic heterocycles. The Morgan fingerprint density at radius 3 is 2.92 bits per heavy atom. The van der Waals surface area contributed by atoms with Crippen molar-refractivity contribution in [1.29, 1.82) is 0 Å². The Kier molecular flexibility index (Phi) is 5.28. The van der Waals surface area contributed by atoms with Gasteiger partial charge in [0.25, 0.3) is 5.91 Å². The van der Waals surface area contributed by atoms with E-state index in [2.05, 4.69) is 20.7 Å². The second-order valence-electron chi connectivity index (χ2n) is 6.15. The van der Waals surface area contributed by atoms with Crippen LogP contribution < -0.4 is 15.4 Å². The van der Waals surface area contributed by atoms with Crippen LogP contribution in [0.3, 0.4) is 0 Å². The molecule has 0 aliphatic carbocycles. The zero-order chi connectivity index (χ0) is 17.8. The minimum Gasteiger partial charge on any atom is -0.481 e. The van der Waals surface area contributed by atoms with E-state index in [0.29, 0.717) is 17.6 Å². The molecule has 1 aromatic heterocycles. The molecule has 1 aliphatic rings. The first-order valence-corrected chi connectivity index (χ1v) is 8.37. The van der Waals surface area contributed by atoms with Crippen LogP contribution in [0.5, 0.6) is 5.75 Å². The number of hydrogen-bond acceptors (Lipinski definition) is 5. The molecule has 2 aromatic rings. The summed E-state index contributed by atoms with van der Waals surface area (Å²) >= 11 is 0. The van der Waals surface area contributed by atoms with E-state index in [1.54, 1.807) is 24.7 Å². The van der Waals surface area contributed by atoms with Crippen molar-refractivity contribution in [3.8, 4) is 5.75 Å². The summed E-state index contributed by atoms with van der Waals surface area (Å²) in [6.45, 7) is 3.50. The molecule has 25 heavy (non-hydrogen) atoms. The van der Waals surface area contributed by atoms with Crippen molar-refractivity contribution in [2.45, 2.75) is 31.8 Å². The van der Waals surface area contributed by atoms with Crippen molar-refractivity contribution in [2.75, 3.05) is 18.4 Å². The number of aryl methyl sites for hydroxylation is 1. The van der Waals surface area contributed by atoms with Gasteiger partial charge in [-0.1, -0.05) is 6.07 Å². The number of carbonyl (C=O) groups excluding carboxylic acids is 1. The molecule has 1 saturated heterocycles. The SMILES string of the molecule is CC(Oc1cccc(F)c1)C(=O)Nc1nc(C2CCNCC2)nn1C. The molecular weight excluding hydrogens is 325 g/mol. The predicted octanol–water partition coefficient (Wildman–Crippen LogP) is 1.83. The first-order valence-electron chi connectivity index (χ1n) is 8.37. The maximum absolute atomic E-state index is 13.2. The first-order chi connectivity index (χ1) is 12.0. The molecule has 0 saturated carbocycles. The minimum atomic E-state index is -0.791. The van der Waals surface area contributed by atoms with Gasteiger partial charge in [0, 0.05) is 19.0 Å². The van der Waals surface area contributed by atoms with Gasteiger partial charge in [-0.15, -0.1) is 0 Å². The molecule has 8 heteroatoms. The third kappa shape index (κ3) is 4.33. The number of halogens is 1. The van der Waals surface area contributed by atoms with Crippen LogP contribution in [0.25, 0.3) is 0 Å². The minimum absolute atomic E-state index is 0.302. The molecule has 1 fully saturated rings. The highest BCUT2D eigenvalue weighted by molar-refractivity contribution is 5.92. The highest BCUT2D eigenvalue weighted by Gasteiger charge is 2.23. The molecule has 1 unspecified atom stereocenters. The molecule has 0 bridgehead atoms. The number of nitrogens with zero attached hydrogens (tertiary/aromatic N) is 3. The maximum Gasteiger partial charge on any atom is 0.267 e. The summed E-state index contributed by atoms with van der Waals surface area (Å²) < 4.78 is 20.2. The second-order valence-corrected chi connectivity index (χ2v) is 6.15. The fourth-order valence-corrected chi connectivity index (χ4v) is 2.78. The van der Waals surface area contributed by atoms with Gasteiger partial charge >= 0.3 is 0 Å². The Morgan fingerprint density at radius 2 is 2.20 bits per heavy atom. The van der Waals surface area contributed by atoms with Gasteiger partial charge in [-0.25, -0.2) is 9.07 Å². The molecule has 134 valence electrons. The molecule has 1 atom stereocenters. The quantitative estimate of drug-likeness (QED) is 0.862. The molecule has 7 nitrogen and oxygen atoms in total. The number of amides is 1.